The van der Waals surface area contributed by atoms with E-state index in [1.165, 1.54) is 40.1 Å². The molecule has 7 nitrogen and oxygen atoms in total. The van der Waals surface area contributed by atoms with Crippen LogP contribution in [0.25, 0.3) is 10.8 Å². The number of ether oxygens (including phenoxy) is 2. The van der Waals surface area contributed by atoms with E-state index in [9.17, 15) is 13.2 Å². The van der Waals surface area contributed by atoms with Gasteiger partial charge in [-0.3, -0.25) is 9.10 Å². The number of carbonyl (C=O) groups excluding carboxylic acids is 1. The van der Waals surface area contributed by atoms with Gasteiger partial charge in [0.05, 0.1) is 24.2 Å². The molecule has 0 bridgehead atoms. The van der Waals surface area contributed by atoms with Crippen molar-refractivity contribution in [3.63, 3.8) is 0 Å². The predicted octanol–water partition coefficient (Wildman–Crippen LogP) is 5.84. The zero-order chi connectivity index (χ0) is 28.2. The number of sulfonamides is 1. The maximum absolute atomic E-state index is 14.0. The molecule has 0 saturated heterocycles. The largest absolute Gasteiger partial charge is 0.497 e. The number of nitrogens with zero attached hydrogens (tertiary/aromatic N) is 1. The van der Waals surface area contributed by atoms with E-state index >= 15 is 0 Å². The second-order valence-corrected chi connectivity index (χ2v) is 13.2. The van der Waals surface area contributed by atoms with Crippen LogP contribution >= 0.6 is 0 Å². The number of anilines is 2. The number of nitrogens with one attached hydrogen (secondary N) is 1. The predicted molar refractivity (Wildman–Crippen MR) is 157 cm³/mol. The van der Waals surface area contributed by atoms with Crippen LogP contribution in [0.15, 0.2) is 77.7 Å². The Balaban J connectivity index is 1.38. The van der Waals surface area contributed by atoms with Crippen molar-refractivity contribution in [1.29, 1.82) is 0 Å². The second kappa shape index (κ2) is 9.55. The minimum absolute atomic E-state index is 0.106. The average molecular weight is 557 g/mol. The highest BCUT2D eigenvalue weighted by Gasteiger charge is 2.38. The Bertz CT molecular complexity index is 1730. The van der Waals surface area contributed by atoms with Gasteiger partial charge in [0, 0.05) is 11.1 Å². The van der Waals surface area contributed by atoms with Gasteiger partial charge in [0.15, 0.2) is 6.10 Å². The lowest BCUT2D eigenvalue weighted by molar-refractivity contribution is -0.122. The maximum Gasteiger partial charge on any atom is 0.267 e. The van der Waals surface area contributed by atoms with E-state index in [4.69, 9.17) is 9.47 Å². The Morgan fingerprint density at radius 3 is 2.40 bits per heavy atom. The molecule has 8 heteroatoms. The summed E-state index contributed by atoms with van der Waals surface area (Å²) in [6.45, 7) is 6.03. The molecule has 0 aromatic heterocycles. The van der Waals surface area contributed by atoms with Crippen molar-refractivity contribution in [2.45, 2.75) is 50.0 Å². The molecule has 2 aliphatic rings. The van der Waals surface area contributed by atoms with Crippen LogP contribution in [0.5, 0.6) is 11.5 Å². The number of hydrogen-bond acceptors (Lipinski definition) is 5. The molecule has 4 aromatic carbocycles. The van der Waals surface area contributed by atoms with Crippen LogP contribution in [0.1, 0.15) is 37.5 Å². The normalized spacial score (nSPS) is 16.4. The summed E-state index contributed by atoms with van der Waals surface area (Å²) in [4.78, 5) is 13.8. The summed E-state index contributed by atoms with van der Waals surface area (Å²) in [5.74, 6) is 0.495. The summed E-state index contributed by atoms with van der Waals surface area (Å²) in [6.07, 6.45) is 0.923. The van der Waals surface area contributed by atoms with Gasteiger partial charge in [0.25, 0.3) is 15.9 Å². The van der Waals surface area contributed by atoms with E-state index in [1.807, 2.05) is 30.3 Å². The SMILES string of the molecule is COc1ccc(S(=O)(=O)N2C[C@@H](C(=O)Nc3ccc4c5c(cccc35)CC4)Oc3ccc(C(C)(C)C)cc32)cc1. The van der Waals surface area contributed by atoms with Crippen molar-refractivity contribution in [2.75, 3.05) is 23.3 Å². The number of benzene rings is 4. The molecular weight excluding hydrogens is 524 g/mol. The number of methoxy groups -OCH3 is 1. The molecule has 4 aromatic rings. The average Bonchev–Trinajstić information content (AvgIpc) is 3.37. The Morgan fingerprint density at radius 2 is 1.70 bits per heavy atom. The first-order valence-electron chi connectivity index (χ1n) is 13.4. The van der Waals surface area contributed by atoms with Crippen LogP contribution in [0.2, 0.25) is 0 Å². The summed E-state index contributed by atoms with van der Waals surface area (Å²) < 4.78 is 40.7. The molecular formula is C32H32N2O5S. The van der Waals surface area contributed by atoms with Crippen LogP contribution in [0.3, 0.4) is 0 Å². The zero-order valence-corrected chi connectivity index (χ0v) is 23.8. The molecule has 1 aliphatic carbocycles. The molecule has 6 rings (SSSR count). The highest BCUT2D eigenvalue weighted by molar-refractivity contribution is 7.92. The van der Waals surface area contributed by atoms with Crippen molar-refractivity contribution in [3.05, 3.63) is 89.5 Å². The van der Waals surface area contributed by atoms with Gasteiger partial charge in [-0.2, -0.15) is 0 Å². The summed E-state index contributed by atoms with van der Waals surface area (Å²) in [6, 6.07) is 21.9. The molecule has 0 fully saturated rings. The fourth-order valence-electron chi connectivity index (χ4n) is 5.53. The van der Waals surface area contributed by atoms with E-state index in [0.717, 1.165) is 23.8 Å². The summed E-state index contributed by atoms with van der Waals surface area (Å²) in [7, 11) is -2.49. The van der Waals surface area contributed by atoms with Gasteiger partial charge in [-0.25, -0.2) is 8.42 Å². The molecule has 0 saturated carbocycles. The monoisotopic (exact) mass is 556 g/mol. The fraction of sp³-hybridized carbons (Fsp3) is 0.281. The third kappa shape index (κ3) is 4.46. The molecule has 1 aliphatic heterocycles. The number of fused-ring (bicyclic) bond motifs is 1. The molecule has 1 N–H and O–H groups in total. The van der Waals surface area contributed by atoms with Gasteiger partial charge in [-0.05, 0) is 82.8 Å². The van der Waals surface area contributed by atoms with E-state index in [1.54, 1.807) is 18.2 Å². The number of amides is 1. The molecule has 0 radical (unpaired) electrons. The van der Waals surface area contributed by atoms with Gasteiger partial charge >= 0.3 is 0 Å². The lowest BCUT2D eigenvalue weighted by atomic mass is 9.86. The van der Waals surface area contributed by atoms with E-state index in [2.05, 4.69) is 38.2 Å². The van der Waals surface area contributed by atoms with Gasteiger partial charge in [0.2, 0.25) is 0 Å². The molecule has 0 spiro atoms. The fourth-order valence-corrected chi connectivity index (χ4v) is 6.99. The topological polar surface area (TPSA) is 84.9 Å². The Labute approximate surface area is 234 Å². The smallest absolute Gasteiger partial charge is 0.267 e. The molecule has 1 amide bonds. The van der Waals surface area contributed by atoms with Crippen LogP contribution in [0, 0.1) is 0 Å². The third-order valence-corrected chi connectivity index (χ3v) is 9.56. The molecule has 0 unspecified atom stereocenters. The highest BCUT2D eigenvalue weighted by atomic mass is 32.2. The van der Waals surface area contributed by atoms with Gasteiger partial charge < -0.3 is 14.8 Å². The third-order valence-electron chi connectivity index (χ3n) is 7.77. The number of carbonyl (C=O) groups is 1. The second-order valence-electron chi connectivity index (χ2n) is 11.4. The first kappa shape index (κ1) is 26.2. The van der Waals surface area contributed by atoms with Crippen LogP contribution in [-0.4, -0.2) is 34.1 Å². The van der Waals surface area contributed by atoms with Crippen molar-refractivity contribution in [1.82, 2.24) is 0 Å². The van der Waals surface area contributed by atoms with Crippen molar-refractivity contribution < 1.29 is 22.7 Å². The Hall–Kier alpha value is -4.04. The lowest BCUT2D eigenvalue weighted by Gasteiger charge is -2.36. The van der Waals surface area contributed by atoms with E-state index in [0.29, 0.717) is 22.9 Å². The standard InChI is InChI=1S/C32H32N2O5S/c1-32(2,3)22-11-17-28-27(18-22)34(40(36,37)24-14-12-23(38-4)13-15-24)19-29(39-28)31(35)33-26-16-10-21-9-8-20-6-5-7-25(26)30(20)21/h5-7,10-18,29H,8-9,19H2,1-4H3,(H,33,35)/t29-/m0/s1. The van der Waals surface area contributed by atoms with Crippen LogP contribution < -0.4 is 19.1 Å². The van der Waals surface area contributed by atoms with E-state index in [-0.39, 0.29) is 16.9 Å². The minimum atomic E-state index is -4.02. The first-order chi connectivity index (χ1) is 19.1. The number of hydrogen-bond donors (Lipinski definition) is 1. The highest BCUT2D eigenvalue weighted by Crippen LogP contribution is 2.41. The molecule has 1 atom stereocenters. The maximum atomic E-state index is 14.0. The summed E-state index contributed by atoms with van der Waals surface area (Å²) in [5, 5.41) is 5.20. The molecule has 40 heavy (non-hydrogen) atoms. The quantitative estimate of drug-likeness (QED) is 0.334. The van der Waals surface area contributed by atoms with Gasteiger partial charge in [0.1, 0.15) is 11.5 Å². The van der Waals surface area contributed by atoms with Gasteiger partial charge in [-0.15, -0.1) is 0 Å². The van der Waals surface area contributed by atoms with E-state index < -0.39 is 22.0 Å². The van der Waals surface area contributed by atoms with Gasteiger partial charge in [-0.1, -0.05) is 51.1 Å². The van der Waals surface area contributed by atoms with Crippen LogP contribution in [0.4, 0.5) is 11.4 Å². The summed E-state index contributed by atoms with van der Waals surface area (Å²) >= 11 is 0. The first-order valence-corrected chi connectivity index (χ1v) is 14.8. The molecule has 206 valence electrons. The summed E-state index contributed by atoms with van der Waals surface area (Å²) in [5.41, 5.74) is 4.40. The number of aryl methyl sites for hydroxylation is 2. The minimum Gasteiger partial charge on any atom is -0.497 e. The van der Waals surface area contributed by atoms with Crippen molar-refractivity contribution in [3.8, 4) is 11.5 Å². The zero-order valence-electron chi connectivity index (χ0n) is 23.0. The Kier molecular flexibility index (Phi) is 6.26. The van der Waals surface area contributed by atoms with Crippen molar-refractivity contribution in [2.24, 2.45) is 0 Å². The van der Waals surface area contributed by atoms with Crippen molar-refractivity contribution >= 4 is 38.1 Å². The molecule has 1 heterocycles. The lowest BCUT2D eigenvalue weighted by Crippen LogP contribution is -2.49. The Morgan fingerprint density at radius 1 is 0.975 bits per heavy atom. The number of rotatable bonds is 5. The van der Waals surface area contributed by atoms with Crippen LogP contribution in [-0.2, 0) is 33.1 Å².